The van der Waals surface area contributed by atoms with Crippen LogP contribution in [-0.4, -0.2) is 23.4 Å². The highest BCUT2D eigenvalue weighted by Gasteiger charge is 2.21. The molecule has 0 radical (unpaired) electrons. The molecular weight excluding hydrogens is 382 g/mol. The second kappa shape index (κ2) is 7.32. The molecule has 0 fully saturated rings. The van der Waals surface area contributed by atoms with Crippen LogP contribution >= 0.6 is 11.3 Å². The van der Waals surface area contributed by atoms with E-state index < -0.39 is 20.0 Å². The van der Waals surface area contributed by atoms with Crippen LogP contribution in [0.3, 0.4) is 0 Å². The van der Waals surface area contributed by atoms with Crippen molar-refractivity contribution in [1.82, 2.24) is 0 Å². The van der Waals surface area contributed by atoms with Gasteiger partial charge < -0.3 is 5.32 Å². The van der Waals surface area contributed by atoms with E-state index in [0.29, 0.717) is 17.1 Å². The number of primary sulfonamides is 1. The molecule has 0 unspecified atom stereocenters. The summed E-state index contributed by atoms with van der Waals surface area (Å²) >= 11 is 1.38. The van der Waals surface area contributed by atoms with Gasteiger partial charge in [0.1, 0.15) is 4.90 Å². The molecule has 0 aliphatic heterocycles. The van der Waals surface area contributed by atoms with Crippen molar-refractivity contribution in [3.8, 4) is 0 Å². The van der Waals surface area contributed by atoms with E-state index >= 15 is 0 Å². The monoisotopic (exact) mass is 403 g/mol. The Hall–Kier alpha value is -1.62. The van der Waals surface area contributed by atoms with E-state index in [4.69, 9.17) is 5.14 Å². The molecule has 138 valence electrons. The molecule has 7 nitrogen and oxygen atoms in total. The van der Waals surface area contributed by atoms with E-state index in [2.05, 4.69) is 10.0 Å². The van der Waals surface area contributed by atoms with Gasteiger partial charge in [-0.15, -0.1) is 11.3 Å². The third-order valence-corrected chi connectivity index (χ3v) is 6.91. The lowest BCUT2D eigenvalue weighted by molar-refractivity contribution is 0.596. The van der Waals surface area contributed by atoms with Crippen molar-refractivity contribution in [3.63, 3.8) is 0 Å². The van der Waals surface area contributed by atoms with Gasteiger partial charge in [-0.2, -0.15) is 0 Å². The summed E-state index contributed by atoms with van der Waals surface area (Å²) < 4.78 is 51.1. The maximum absolute atomic E-state index is 12.7. The van der Waals surface area contributed by atoms with Gasteiger partial charge in [0, 0.05) is 16.3 Å². The van der Waals surface area contributed by atoms with Crippen LogP contribution in [0.1, 0.15) is 23.1 Å². The van der Waals surface area contributed by atoms with Gasteiger partial charge >= 0.3 is 0 Å². The minimum absolute atomic E-state index is 0.142. The highest BCUT2D eigenvalue weighted by atomic mass is 32.2. The predicted molar refractivity (Wildman–Crippen MR) is 101 cm³/mol. The Morgan fingerprint density at radius 2 is 1.76 bits per heavy atom. The van der Waals surface area contributed by atoms with Crippen molar-refractivity contribution in [2.75, 3.05) is 16.6 Å². The van der Waals surface area contributed by atoms with Crippen molar-refractivity contribution in [1.29, 1.82) is 0 Å². The van der Waals surface area contributed by atoms with Gasteiger partial charge in [0.15, 0.2) is 0 Å². The Morgan fingerprint density at radius 3 is 2.28 bits per heavy atom. The van der Waals surface area contributed by atoms with Crippen LogP contribution in [-0.2, 0) is 20.0 Å². The fourth-order valence-corrected chi connectivity index (χ4v) is 5.44. The Labute approximate surface area is 152 Å². The molecule has 0 spiro atoms. The molecule has 1 heterocycles. The second-order valence-electron chi connectivity index (χ2n) is 5.56. The van der Waals surface area contributed by atoms with Gasteiger partial charge in [0.05, 0.1) is 16.3 Å². The maximum atomic E-state index is 12.7. The number of nitrogens with two attached hydrogens (primary N) is 1. The van der Waals surface area contributed by atoms with E-state index in [1.807, 2.05) is 13.8 Å². The molecule has 4 N–H and O–H groups in total. The van der Waals surface area contributed by atoms with Crippen molar-refractivity contribution in [3.05, 3.63) is 34.0 Å². The summed E-state index contributed by atoms with van der Waals surface area (Å²) in [4.78, 5) is 1.55. The zero-order chi connectivity index (χ0) is 18.8. The smallest absolute Gasteiger partial charge is 0.263 e. The third-order valence-electron chi connectivity index (χ3n) is 3.41. The van der Waals surface area contributed by atoms with Crippen molar-refractivity contribution < 1.29 is 16.8 Å². The van der Waals surface area contributed by atoms with E-state index in [9.17, 15) is 16.8 Å². The number of benzene rings is 1. The molecule has 2 aromatic rings. The van der Waals surface area contributed by atoms with Gasteiger partial charge in [-0.05, 0) is 44.5 Å². The first kappa shape index (κ1) is 19.7. The lowest BCUT2D eigenvalue weighted by atomic mass is 10.2. The van der Waals surface area contributed by atoms with Gasteiger partial charge in [-0.3, -0.25) is 4.72 Å². The number of hydrogen-bond acceptors (Lipinski definition) is 6. The van der Waals surface area contributed by atoms with Crippen LogP contribution in [0.5, 0.6) is 0 Å². The SMILES string of the molecule is CCCNc1ccc(S(N)(=O)=O)cc1NS(=O)(=O)c1cc(C)sc1C. The van der Waals surface area contributed by atoms with Crippen LogP contribution in [0.15, 0.2) is 34.1 Å². The Balaban J connectivity index is 2.50. The highest BCUT2D eigenvalue weighted by molar-refractivity contribution is 7.93. The quantitative estimate of drug-likeness (QED) is 0.657. The highest BCUT2D eigenvalue weighted by Crippen LogP contribution is 2.31. The topological polar surface area (TPSA) is 118 Å². The zero-order valence-corrected chi connectivity index (χ0v) is 16.6. The molecule has 0 aliphatic rings. The van der Waals surface area contributed by atoms with Crippen LogP contribution in [0, 0.1) is 13.8 Å². The largest absolute Gasteiger partial charge is 0.383 e. The summed E-state index contributed by atoms with van der Waals surface area (Å²) in [6.07, 6.45) is 0.825. The standard InChI is InChI=1S/C15H21N3O4S3/c1-4-7-17-13-6-5-12(24(16,19)20)9-14(13)18-25(21,22)15-8-10(2)23-11(15)3/h5-6,8-9,17-18H,4,7H2,1-3H3,(H2,16,19,20). The molecule has 1 aromatic carbocycles. The van der Waals surface area contributed by atoms with E-state index in [-0.39, 0.29) is 15.5 Å². The lowest BCUT2D eigenvalue weighted by Crippen LogP contribution is -2.17. The molecule has 0 saturated heterocycles. The molecule has 0 saturated carbocycles. The third kappa shape index (κ3) is 4.72. The maximum Gasteiger partial charge on any atom is 0.263 e. The Morgan fingerprint density at radius 1 is 1.08 bits per heavy atom. The van der Waals surface area contributed by atoms with Crippen LogP contribution in [0.2, 0.25) is 0 Å². The van der Waals surface area contributed by atoms with Gasteiger partial charge in [-0.1, -0.05) is 6.92 Å². The minimum Gasteiger partial charge on any atom is -0.383 e. The number of aryl methyl sites for hydroxylation is 2. The number of hydrogen-bond donors (Lipinski definition) is 3. The molecule has 2 rings (SSSR count). The first-order valence-electron chi connectivity index (χ1n) is 7.55. The molecule has 0 amide bonds. The minimum atomic E-state index is -3.95. The number of nitrogens with one attached hydrogen (secondary N) is 2. The van der Waals surface area contributed by atoms with Crippen LogP contribution < -0.4 is 15.2 Å². The van der Waals surface area contributed by atoms with Crippen molar-refractivity contribution in [2.45, 2.75) is 37.0 Å². The number of thiophene rings is 1. The fraction of sp³-hybridized carbons (Fsp3) is 0.333. The molecule has 0 bridgehead atoms. The summed E-state index contributed by atoms with van der Waals surface area (Å²) in [6.45, 7) is 6.13. The predicted octanol–water partition coefficient (Wildman–Crippen LogP) is 2.64. The average molecular weight is 404 g/mol. The van der Waals surface area contributed by atoms with Gasteiger partial charge in [0.25, 0.3) is 10.0 Å². The van der Waals surface area contributed by atoms with E-state index in [0.717, 1.165) is 11.3 Å². The molecular formula is C15H21N3O4S3. The van der Waals surface area contributed by atoms with Crippen LogP contribution in [0.25, 0.3) is 0 Å². The normalized spacial score (nSPS) is 12.2. The summed E-state index contributed by atoms with van der Waals surface area (Å²) in [7, 11) is -7.80. The lowest BCUT2D eigenvalue weighted by Gasteiger charge is -2.15. The van der Waals surface area contributed by atoms with Crippen molar-refractivity contribution in [2.24, 2.45) is 5.14 Å². The molecule has 0 atom stereocenters. The van der Waals surface area contributed by atoms with E-state index in [1.54, 1.807) is 13.0 Å². The van der Waals surface area contributed by atoms with Gasteiger partial charge in [-0.25, -0.2) is 22.0 Å². The number of anilines is 2. The Bertz CT molecular complexity index is 979. The summed E-state index contributed by atoms with van der Waals surface area (Å²) in [5.41, 5.74) is 0.630. The molecule has 1 aromatic heterocycles. The van der Waals surface area contributed by atoms with Crippen LogP contribution in [0.4, 0.5) is 11.4 Å². The average Bonchev–Trinajstić information content (AvgIpc) is 2.84. The first-order valence-corrected chi connectivity index (χ1v) is 11.4. The summed E-state index contributed by atoms with van der Waals surface area (Å²) in [5, 5.41) is 8.23. The number of rotatable bonds is 7. The summed E-state index contributed by atoms with van der Waals surface area (Å²) in [5.74, 6) is 0. The molecule has 10 heteroatoms. The molecule has 0 aliphatic carbocycles. The fourth-order valence-electron chi connectivity index (χ4n) is 2.27. The summed E-state index contributed by atoms with van der Waals surface area (Å²) in [6, 6.07) is 5.65. The van der Waals surface area contributed by atoms with Gasteiger partial charge in [0.2, 0.25) is 10.0 Å². The molecule has 25 heavy (non-hydrogen) atoms. The zero-order valence-electron chi connectivity index (χ0n) is 14.2. The van der Waals surface area contributed by atoms with E-state index in [1.165, 1.54) is 29.5 Å². The first-order chi connectivity index (χ1) is 11.5. The van der Waals surface area contributed by atoms with Crippen molar-refractivity contribution >= 4 is 42.8 Å². The Kier molecular flexibility index (Phi) is 5.77. The second-order valence-corrected chi connectivity index (χ2v) is 10.2. The number of sulfonamides is 2.